The first kappa shape index (κ1) is 13.3. The first-order valence-corrected chi connectivity index (χ1v) is 6.24. The van der Waals surface area contributed by atoms with Crippen molar-refractivity contribution in [1.29, 1.82) is 0 Å². The van der Waals surface area contributed by atoms with Crippen molar-refractivity contribution in [3.05, 3.63) is 35.4 Å². The van der Waals surface area contributed by atoms with Crippen LogP contribution in [-0.2, 0) is 16.1 Å². The lowest BCUT2D eigenvalue weighted by Gasteiger charge is -2.07. The largest absolute Gasteiger partial charge is 0.337 e. The van der Waals surface area contributed by atoms with E-state index >= 15 is 0 Å². The van der Waals surface area contributed by atoms with Gasteiger partial charge >= 0.3 is 0 Å². The molecule has 5 nitrogen and oxygen atoms in total. The number of nitrogens with one attached hydrogen (secondary N) is 1. The Morgan fingerprint density at radius 2 is 1.68 bits per heavy atom. The number of imide groups is 1. The molecule has 0 aromatic heterocycles. The number of amides is 3. The topological polar surface area (TPSA) is 66.5 Å². The van der Waals surface area contributed by atoms with E-state index in [1.807, 2.05) is 31.3 Å². The Morgan fingerprint density at radius 3 is 2.21 bits per heavy atom. The molecule has 1 aromatic rings. The Bertz CT molecular complexity index is 511. The Balaban J connectivity index is 0.000000148. The van der Waals surface area contributed by atoms with Gasteiger partial charge in [-0.1, -0.05) is 18.2 Å². The number of hydrogen-bond donors (Lipinski definition) is 1. The molecule has 3 amide bonds. The van der Waals surface area contributed by atoms with Gasteiger partial charge in [-0.05, 0) is 18.1 Å². The average molecular weight is 260 g/mol. The van der Waals surface area contributed by atoms with Crippen molar-refractivity contribution >= 4 is 17.7 Å². The van der Waals surface area contributed by atoms with Crippen LogP contribution in [0, 0.1) is 0 Å². The van der Waals surface area contributed by atoms with Crippen molar-refractivity contribution in [3.8, 4) is 0 Å². The van der Waals surface area contributed by atoms with Gasteiger partial charge in [0.1, 0.15) is 0 Å². The summed E-state index contributed by atoms with van der Waals surface area (Å²) < 4.78 is 0. The predicted octanol–water partition coefficient (Wildman–Crippen LogP) is 1.09. The van der Waals surface area contributed by atoms with Gasteiger partial charge in [-0.3, -0.25) is 19.7 Å². The lowest BCUT2D eigenvalue weighted by atomic mass is 10.1. The molecule has 1 fully saturated rings. The maximum Gasteiger partial charge on any atom is 0.254 e. The van der Waals surface area contributed by atoms with Crippen LogP contribution in [0.2, 0.25) is 0 Å². The molecule has 1 N–H and O–H groups in total. The number of fused-ring (bicyclic) bond motifs is 1. The van der Waals surface area contributed by atoms with Crippen molar-refractivity contribution in [1.82, 2.24) is 10.2 Å². The van der Waals surface area contributed by atoms with Crippen LogP contribution in [0.25, 0.3) is 0 Å². The molecule has 1 saturated heterocycles. The summed E-state index contributed by atoms with van der Waals surface area (Å²) in [6.07, 6.45) is 1.72. The second-order valence-corrected chi connectivity index (χ2v) is 4.64. The number of carbonyl (C=O) groups excluding carboxylic acids is 3. The summed E-state index contributed by atoms with van der Waals surface area (Å²) in [6, 6.07) is 7.74. The molecule has 0 bridgehead atoms. The summed E-state index contributed by atoms with van der Waals surface area (Å²) in [5, 5.41) is 2.20. The smallest absolute Gasteiger partial charge is 0.254 e. The van der Waals surface area contributed by atoms with E-state index in [9.17, 15) is 14.4 Å². The first-order valence-electron chi connectivity index (χ1n) is 6.24. The highest BCUT2D eigenvalue weighted by Gasteiger charge is 2.22. The molecule has 5 heteroatoms. The molecule has 0 spiro atoms. The van der Waals surface area contributed by atoms with Crippen molar-refractivity contribution < 1.29 is 14.4 Å². The van der Waals surface area contributed by atoms with E-state index in [0.29, 0.717) is 19.3 Å². The Kier molecular flexibility index (Phi) is 3.94. The molecule has 1 aromatic carbocycles. The lowest BCUT2D eigenvalue weighted by molar-refractivity contribution is -0.132. The van der Waals surface area contributed by atoms with Crippen LogP contribution in [0.1, 0.15) is 35.2 Å². The van der Waals surface area contributed by atoms with Gasteiger partial charge in [-0.25, -0.2) is 0 Å². The van der Waals surface area contributed by atoms with E-state index < -0.39 is 0 Å². The number of rotatable bonds is 0. The summed E-state index contributed by atoms with van der Waals surface area (Å²) in [4.78, 5) is 33.7. The number of piperidine rings is 1. The zero-order chi connectivity index (χ0) is 13.8. The zero-order valence-electron chi connectivity index (χ0n) is 10.8. The molecule has 0 radical (unpaired) electrons. The second kappa shape index (κ2) is 5.65. The number of nitrogens with zero attached hydrogens (tertiary/aromatic N) is 1. The van der Waals surface area contributed by atoms with E-state index in [1.54, 1.807) is 4.90 Å². The van der Waals surface area contributed by atoms with Gasteiger partial charge in [0.2, 0.25) is 11.8 Å². The Labute approximate surface area is 111 Å². The predicted molar refractivity (Wildman–Crippen MR) is 69.2 cm³/mol. The molecule has 19 heavy (non-hydrogen) atoms. The van der Waals surface area contributed by atoms with Crippen LogP contribution in [0.3, 0.4) is 0 Å². The van der Waals surface area contributed by atoms with Crippen LogP contribution in [0.15, 0.2) is 24.3 Å². The number of hydrogen-bond acceptors (Lipinski definition) is 3. The highest BCUT2D eigenvalue weighted by Crippen LogP contribution is 2.19. The van der Waals surface area contributed by atoms with Crippen LogP contribution in [0.4, 0.5) is 0 Å². The molecule has 2 aliphatic heterocycles. The fraction of sp³-hybridized carbons (Fsp3) is 0.357. The molecule has 0 atom stereocenters. The molecular weight excluding hydrogens is 244 g/mol. The second-order valence-electron chi connectivity index (χ2n) is 4.64. The summed E-state index contributed by atoms with van der Waals surface area (Å²) in [6.45, 7) is 0.759. The van der Waals surface area contributed by atoms with E-state index in [-0.39, 0.29) is 17.7 Å². The molecule has 3 rings (SSSR count). The molecule has 0 unspecified atom stereocenters. The molecular formula is C14H16N2O3. The summed E-state index contributed by atoms with van der Waals surface area (Å²) in [7, 11) is 1.82. The SMILES string of the molecule is CN1Cc2ccccc2C1=O.O=C1CCCC(=O)N1. The van der Waals surface area contributed by atoms with Gasteiger partial charge in [-0.15, -0.1) is 0 Å². The molecule has 2 heterocycles. The monoisotopic (exact) mass is 260 g/mol. The van der Waals surface area contributed by atoms with Gasteiger partial charge in [0, 0.05) is 32.0 Å². The highest BCUT2D eigenvalue weighted by molar-refractivity contribution is 5.98. The van der Waals surface area contributed by atoms with Gasteiger partial charge in [0.15, 0.2) is 0 Å². The third-order valence-corrected chi connectivity index (χ3v) is 3.09. The van der Waals surface area contributed by atoms with Gasteiger partial charge in [0.25, 0.3) is 5.91 Å². The average Bonchev–Trinajstić information content (AvgIpc) is 2.66. The zero-order valence-corrected chi connectivity index (χ0v) is 10.8. The minimum atomic E-state index is -0.138. The molecule has 0 aliphatic carbocycles. The standard InChI is InChI=1S/C9H9NO.C5H7NO2/c1-10-6-7-4-2-3-5-8(7)9(10)11;7-4-2-1-3-5(8)6-4/h2-5H,6H2,1H3;1-3H2,(H,6,7,8). The van der Waals surface area contributed by atoms with Crippen molar-refractivity contribution in [2.24, 2.45) is 0 Å². The summed E-state index contributed by atoms with van der Waals surface area (Å²) in [5.74, 6) is -0.136. The molecule has 100 valence electrons. The third kappa shape index (κ3) is 3.19. The normalized spacial score (nSPS) is 17.5. The molecule has 2 aliphatic rings. The third-order valence-electron chi connectivity index (χ3n) is 3.09. The summed E-state index contributed by atoms with van der Waals surface area (Å²) in [5.41, 5.74) is 2.00. The van der Waals surface area contributed by atoms with Gasteiger partial charge < -0.3 is 4.90 Å². The van der Waals surface area contributed by atoms with Crippen LogP contribution < -0.4 is 5.32 Å². The van der Waals surface area contributed by atoms with E-state index in [0.717, 1.165) is 17.7 Å². The fourth-order valence-corrected chi connectivity index (χ4v) is 2.09. The minimum absolute atomic E-state index is 0.138. The Hall–Kier alpha value is -2.17. The number of benzene rings is 1. The van der Waals surface area contributed by atoms with E-state index in [2.05, 4.69) is 5.32 Å². The van der Waals surface area contributed by atoms with E-state index in [4.69, 9.17) is 0 Å². The maximum absolute atomic E-state index is 11.3. The first-order chi connectivity index (χ1) is 9.08. The summed E-state index contributed by atoms with van der Waals surface area (Å²) >= 11 is 0. The van der Waals surface area contributed by atoms with Crippen molar-refractivity contribution in [3.63, 3.8) is 0 Å². The van der Waals surface area contributed by atoms with Gasteiger partial charge in [0.05, 0.1) is 0 Å². The quantitative estimate of drug-likeness (QED) is 0.710. The van der Waals surface area contributed by atoms with E-state index in [1.165, 1.54) is 0 Å². The highest BCUT2D eigenvalue weighted by atomic mass is 16.2. The lowest BCUT2D eigenvalue weighted by Crippen LogP contribution is -2.33. The van der Waals surface area contributed by atoms with Crippen molar-refractivity contribution in [2.75, 3.05) is 7.05 Å². The maximum atomic E-state index is 11.3. The van der Waals surface area contributed by atoms with Crippen LogP contribution >= 0.6 is 0 Å². The van der Waals surface area contributed by atoms with Crippen LogP contribution in [-0.4, -0.2) is 29.7 Å². The fourth-order valence-electron chi connectivity index (χ4n) is 2.09. The van der Waals surface area contributed by atoms with Crippen molar-refractivity contribution in [2.45, 2.75) is 25.8 Å². The molecule has 0 saturated carbocycles. The Morgan fingerprint density at radius 1 is 1.05 bits per heavy atom. The number of carbonyl (C=O) groups is 3. The minimum Gasteiger partial charge on any atom is -0.337 e. The van der Waals surface area contributed by atoms with Crippen LogP contribution in [0.5, 0.6) is 0 Å². The van der Waals surface area contributed by atoms with Gasteiger partial charge in [-0.2, -0.15) is 0 Å².